The predicted octanol–water partition coefficient (Wildman–Crippen LogP) is 2.10. The summed E-state index contributed by atoms with van der Waals surface area (Å²) in [6, 6.07) is 5.81. The third-order valence-corrected chi connectivity index (χ3v) is 6.28. The van der Waals surface area contributed by atoms with Crippen LogP contribution in [0.2, 0.25) is 0 Å². The Morgan fingerprint density at radius 3 is 2.52 bits per heavy atom. The fourth-order valence-corrected chi connectivity index (χ4v) is 4.97. The van der Waals surface area contributed by atoms with E-state index in [1.54, 1.807) is 25.6 Å². The van der Waals surface area contributed by atoms with Crippen LogP contribution >= 0.6 is 0 Å². The van der Waals surface area contributed by atoms with Crippen LogP contribution in [0.25, 0.3) is 0 Å². The van der Waals surface area contributed by atoms with Crippen LogP contribution in [0.4, 0.5) is 5.69 Å². The number of rotatable bonds is 2. The van der Waals surface area contributed by atoms with E-state index in [4.69, 9.17) is 0 Å². The lowest BCUT2D eigenvalue weighted by atomic mass is 10.1. The normalized spacial score (nSPS) is 14.6. The topological polar surface area (TPSA) is 55.2 Å². The van der Waals surface area contributed by atoms with Crippen molar-refractivity contribution in [3.63, 3.8) is 0 Å². The molecule has 6 heteroatoms. The summed E-state index contributed by atoms with van der Waals surface area (Å²) in [5, 5.41) is 4.23. The maximum atomic E-state index is 13.0. The average molecular weight is 305 g/mol. The van der Waals surface area contributed by atoms with Crippen molar-refractivity contribution < 1.29 is 8.42 Å². The van der Waals surface area contributed by atoms with Crippen molar-refractivity contribution in [2.75, 3.05) is 10.8 Å². The van der Waals surface area contributed by atoms with Gasteiger partial charge in [0.05, 0.1) is 17.1 Å². The van der Waals surface area contributed by atoms with Crippen molar-refractivity contribution in [3.05, 3.63) is 40.7 Å². The van der Waals surface area contributed by atoms with E-state index in [1.165, 1.54) is 4.31 Å². The minimum atomic E-state index is -3.56. The van der Waals surface area contributed by atoms with Gasteiger partial charge in [-0.15, -0.1) is 0 Å². The molecule has 2 heterocycles. The second kappa shape index (κ2) is 4.59. The van der Waals surface area contributed by atoms with Crippen LogP contribution in [0.5, 0.6) is 0 Å². The van der Waals surface area contributed by atoms with Crippen LogP contribution in [0.15, 0.2) is 23.1 Å². The van der Waals surface area contributed by atoms with E-state index < -0.39 is 10.0 Å². The van der Waals surface area contributed by atoms with E-state index in [9.17, 15) is 8.42 Å². The molecule has 0 radical (unpaired) electrons. The Morgan fingerprint density at radius 2 is 1.90 bits per heavy atom. The Balaban J connectivity index is 2.16. The predicted molar refractivity (Wildman–Crippen MR) is 82.1 cm³/mol. The Morgan fingerprint density at radius 1 is 1.19 bits per heavy atom. The van der Waals surface area contributed by atoms with Gasteiger partial charge in [-0.2, -0.15) is 5.10 Å². The van der Waals surface area contributed by atoms with Crippen LogP contribution < -0.4 is 4.31 Å². The van der Waals surface area contributed by atoms with Crippen molar-refractivity contribution in [2.24, 2.45) is 7.05 Å². The minimum absolute atomic E-state index is 0.333. The number of aromatic nitrogens is 2. The smallest absolute Gasteiger partial charge is 0.268 e. The van der Waals surface area contributed by atoms with Crippen LogP contribution in [0, 0.1) is 20.8 Å². The van der Waals surface area contributed by atoms with E-state index in [0.29, 0.717) is 22.8 Å². The molecule has 1 aliphatic heterocycles. The highest BCUT2D eigenvalue weighted by Gasteiger charge is 2.35. The third kappa shape index (κ3) is 1.97. The number of aryl methyl sites for hydroxylation is 3. The standard InChI is InChI=1S/C15H19N3O2S/c1-10-6-5-7-14-13(10)8-9-18(14)21(19,20)15-11(2)16-17(4)12(15)3/h5-7H,8-9H2,1-4H3. The zero-order chi connectivity index (χ0) is 15.4. The quantitative estimate of drug-likeness (QED) is 0.854. The Kier molecular flexibility index (Phi) is 3.09. The number of fused-ring (bicyclic) bond motifs is 1. The molecular weight excluding hydrogens is 286 g/mol. The van der Waals surface area contributed by atoms with Gasteiger partial charge in [0, 0.05) is 13.6 Å². The van der Waals surface area contributed by atoms with Gasteiger partial charge in [0.15, 0.2) is 0 Å². The van der Waals surface area contributed by atoms with Crippen molar-refractivity contribution in [1.82, 2.24) is 9.78 Å². The molecule has 21 heavy (non-hydrogen) atoms. The molecule has 112 valence electrons. The summed E-state index contributed by atoms with van der Waals surface area (Å²) in [6.45, 7) is 6.05. The SMILES string of the molecule is Cc1cccc2c1CCN2S(=O)(=O)c1c(C)nn(C)c1C. The Labute approximate surface area is 125 Å². The lowest BCUT2D eigenvalue weighted by molar-refractivity contribution is 0.590. The van der Waals surface area contributed by atoms with Gasteiger partial charge in [-0.05, 0) is 44.4 Å². The van der Waals surface area contributed by atoms with Gasteiger partial charge in [-0.3, -0.25) is 8.99 Å². The maximum Gasteiger partial charge on any atom is 0.268 e. The molecule has 0 amide bonds. The molecular formula is C15H19N3O2S. The highest BCUT2D eigenvalue weighted by atomic mass is 32.2. The summed E-state index contributed by atoms with van der Waals surface area (Å²) < 4.78 is 29.2. The molecule has 0 unspecified atom stereocenters. The highest BCUT2D eigenvalue weighted by Crippen LogP contribution is 2.35. The monoisotopic (exact) mass is 305 g/mol. The van der Waals surface area contributed by atoms with E-state index in [0.717, 1.165) is 23.2 Å². The first-order valence-corrected chi connectivity index (χ1v) is 8.39. The maximum absolute atomic E-state index is 13.0. The van der Waals surface area contributed by atoms with E-state index >= 15 is 0 Å². The molecule has 0 saturated carbocycles. The second-order valence-corrected chi connectivity index (χ2v) is 7.32. The van der Waals surface area contributed by atoms with Gasteiger partial charge in [-0.1, -0.05) is 12.1 Å². The molecule has 0 bridgehead atoms. The van der Waals surface area contributed by atoms with Crippen LogP contribution in [-0.4, -0.2) is 24.7 Å². The Bertz CT molecular complexity index is 822. The van der Waals surface area contributed by atoms with E-state index in [1.807, 2.05) is 25.1 Å². The molecule has 5 nitrogen and oxygen atoms in total. The molecule has 1 aliphatic rings. The van der Waals surface area contributed by atoms with Crippen molar-refractivity contribution in [3.8, 4) is 0 Å². The number of hydrogen-bond donors (Lipinski definition) is 0. The van der Waals surface area contributed by atoms with Crippen LogP contribution in [-0.2, 0) is 23.5 Å². The zero-order valence-corrected chi connectivity index (χ0v) is 13.5. The first-order chi connectivity index (χ1) is 9.84. The number of anilines is 1. The molecule has 0 aliphatic carbocycles. The molecule has 0 fully saturated rings. The average Bonchev–Trinajstić information content (AvgIpc) is 2.93. The fourth-order valence-electron chi connectivity index (χ4n) is 3.07. The number of nitrogens with zero attached hydrogens (tertiary/aromatic N) is 3. The minimum Gasteiger partial charge on any atom is -0.271 e. The van der Waals surface area contributed by atoms with Gasteiger partial charge >= 0.3 is 0 Å². The molecule has 1 aromatic heterocycles. The molecule has 3 rings (SSSR count). The summed E-state index contributed by atoms with van der Waals surface area (Å²) in [5.41, 5.74) is 4.30. The molecule has 0 atom stereocenters. The molecule has 1 aromatic carbocycles. The van der Waals surface area contributed by atoms with Gasteiger partial charge < -0.3 is 0 Å². The summed E-state index contributed by atoms with van der Waals surface area (Å²) in [7, 11) is -1.79. The zero-order valence-electron chi connectivity index (χ0n) is 12.7. The van der Waals surface area contributed by atoms with Crippen molar-refractivity contribution >= 4 is 15.7 Å². The summed E-state index contributed by atoms with van der Waals surface area (Å²) in [4.78, 5) is 0.333. The summed E-state index contributed by atoms with van der Waals surface area (Å²) >= 11 is 0. The second-order valence-electron chi connectivity index (χ2n) is 5.52. The fraction of sp³-hybridized carbons (Fsp3) is 0.400. The lowest BCUT2D eigenvalue weighted by Crippen LogP contribution is -2.30. The molecule has 2 aromatic rings. The van der Waals surface area contributed by atoms with Crippen LogP contribution in [0.1, 0.15) is 22.5 Å². The molecule has 0 saturated heterocycles. The molecule has 0 N–H and O–H groups in total. The van der Waals surface area contributed by atoms with Gasteiger partial charge in [0.25, 0.3) is 10.0 Å². The lowest BCUT2D eigenvalue weighted by Gasteiger charge is -2.20. The summed E-state index contributed by atoms with van der Waals surface area (Å²) in [6.07, 6.45) is 0.763. The van der Waals surface area contributed by atoms with Crippen molar-refractivity contribution in [1.29, 1.82) is 0 Å². The van der Waals surface area contributed by atoms with Gasteiger partial charge in [0.2, 0.25) is 0 Å². The number of sulfonamides is 1. The first kappa shape index (κ1) is 14.1. The summed E-state index contributed by atoms with van der Waals surface area (Å²) in [5.74, 6) is 0. The van der Waals surface area contributed by atoms with E-state index in [-0.39, 0.29) is 0 Å². The highest BCUT2D eigenvalue weighted by molar-refractivity contribution is 7.93. The van der Waals surface area contributed by atoms with Crippen molar-refractivity contribution in [2.45, 2.75) is 32.1 Å². The van der Waals surface area contributed by atoms with E-state index in [2.05, 4.69) is 5.10 Å². The number of hydrogen-bond acceptors (Lipinski definition) is 3. The third-order valence-electron chi connectivity index (χ3n) is 4.21. The largest absolute Gasteiger partial charge is 0.271 e. The first-order valence-electron chi connectivity index (χ1n) is 6.95. The number of benzene rings is 1. The van der Waals surface area contributed by atoms with Crippen LogP contribution in [0.3, 0.4) is 0 Å². The Hall–Kier alpha value is -1.82. The van der Waals surface area contributed by atoms with Gasteiger partial charge in [0.1, 0.15) is 4.90 Å². The molecule has 0 spiro atoms. The van der Waals surface area contributed by atoms with Gasteiger partial charge in [-0.25, -0.2) is 8.42 Å².